The Hall–Kier alpha value is -0.650. The van der Waals surface area contributed by atoms with Gasteiger partial charge in [0.25, 0.3) is 0 Å². The molecule has 20 heavy (non-hydrogen) atoms. The molecule has 0 bridgehead atoms. The molecule has 3 unspecified atom stereocenters. The van der Waals surface area contributed by atoms with Gasteiger partial charge < -0.3 is 15.8 Å². The SMILES string of the molecule is CCN(C(C)C(=O)NCCCOC)C1CCCC1CN. The number of carbonyl (C=O) groups excluding carboxylic acids is 1. The monoisotopic (exact) mass is 285 g/mol. The number of nitrogens with one attached hydrogen (secondary N) is 1. The number of nitrogens with two attached hydrogens (primary N) is 1. The molecule has 0 aromatic heterocycles. The number of nitrogens with zero attached hydrogens (tertiary/aromatic N) is 1. The quantitative estimate of drug-likeness (QED) is 0.620. The summed E-state index contributed by atoms with van der Waals surface area (Å²) in [6, 6.07) is 0.379. The van der Waals surface area contributed by atoms with E-state index in [2.05, 4.69) is 17.1 Å². The van der Waals surface area contributed by atoms with Gasteiger partial charge in [-0.3, -0.25) is 9.69 Å². The fraction of sp³-hybridized carbons (Fsp3) is 0.933. The summed E-state index contributed by atoms with van der Waals surface area (Å²) in [4.78, 5) is 14.5. The molecule has 0 aromatic rings. The lowest BCUT2D eigenvalue weighted by molar-refractivity contribution is -0.127. The van der Waals surface area contributed by atoms with Crippen molar-refractivity contribution in [1.29, 1.82) is 0 Å². The highest BCUT2D eigenvalue weighted by Gasteiger charge is 2.34. The molecule has 0 heterocycles. The van der Waals surface area contributed by atoms with Crippen LogP contribution in [0.5, 0.6) is 0 Å². The van der Waals surface area contributed by atoms with Gasteiger partial charge in [0.05, 0.1) is 6.04 Å². The lowest BCUT2D eigenvalue weighted by Gasteiger charge is -2.35. The molecular formula is C15H31N3O2. The zero-order chi connectivity index (χ0) is 15.0. The Morgan fingerprint density at radius 3 is 2.85 bits per heavy atom. The van der Waals surface area contributed by atoms with E-state index in [9.17, 15) is 4.79 Å². The predicted molar refractivity (Wildman–Crippen MR) is 81.5 cm³/mol. The lowest BCUT2D eigenvalue weighted by atomic mass is 10.0. The number of ether oxygens (including phenoxy) is 1. The largest absolute Gasteiger partial charge is 0.385 e. The van der Waals surface area contributed by atoms with E-state index >= 15 is 0 Å². The van der Waals surface area contributed by atoms with Gasteiger partial charge in [-0.05, 0) is 45.2 Å². The number of methoxy groups -OCH3 is 1. The van der Waals surface area contributed by atoms with Crippen molar-refractivity contribution in [1.82, 2.24) is 10.2 Å². The van der Waals surface area contributed by atoms with Crippen LogP contribution in [0, 0.1) is 5.92 Å². The summed E-state index contributed by atoms with van der Waals surface area (Å²) in [6.45, 7) is 7.11. The third kappa shape index (κ3) is 4.72. The summed E-state index contributed by atoms with van der Waals surface area (Å²) >= 11 is 0. The van der Waals surface area contributed by atoms with Crippen LogP contribution in [0.3, 0.4) is 0 Å². The van der Waals surface area contributed by atoms with Crippen LogP contribution in [-0.2, 0) is 9.53 Å². The zero-order valence-corrected chi connectivity index (χ0v) is 13.2. The molecule has 5 heteroatoms. The van der Waals surface area contributed by atoms with Gasteiger partial charge in [0.2, 0.25) is 5.91 Å². The predicted octanol–water partition coefficient (Wildman–Crippen LogP) is 0.977. The van der Waals surface area contributed by atoms with Gasteiger partial charge in [-0.2, -0.15) is 0 Å². The lowest BCUT2D eigenvalue weighted by Crippen LogP contribution is -2.51. The van der Waals surface area contributed by atoms with Gasteiger partial charge in [-0.25, -0.2) is 0 Å². The fourth-order valence-electron chi connectivity index (χ4n) is 3.25. The van der Waals surface area contributed by atoms with Crippen molar-refractivity contribution in [2.45, 2.75) is 51.6 Å². The minimum atomic E-state index is -0.0836. The maximum Gasteiger partial charge on any atom is 0.237 e. The number of rotatable bonds is 9. The summed E-state index contributed by atoms with van der Waals surface area (Å²) in [6.07, 6.45) is 4.44. The van der Waals surface area contributed by atoms with Crippen molar-refractivity contribution in [2.24, 2.45) is 11.7 Å². The molecule has 118 valence electrons. The number of hydrogen-bond acceptors (Lipinski definition) is 4. The fourth-order valence-corrected chi connectivity index (χ4v) is 3.25. The standard InChI is InChI=1S/C15H31N3O2/c1-4-18(14-8-5-7-13(14)11-16)12(2)15(19)17-9-6-10-20-3/h12-14H,4-11,16H2,1-3H3,(H,17,19). The Morgan fingerprint density at radius 2 is 2.25 bits per heavy atom. The Morgan fingerprint density at radius 1 is 1.50 bits per heavy atom. The molecule has 1 fully saturated rings. The molecule has 0 aliphatic heterocycles. The van der Waals surface area contributed by atoms with E-state index in [0.29, 0.717) is 25.1 Å². The van der Waals surface area contributed by atoms with Crippen molar-refractivity contribution >= 4 is 5.91 Å². The third-order valence-electron chi connectivity index (χ3n) is 4.41. The van der Waals surface area contributed by atoms with E-state index in [4.69, 9.17) is 10.5 Å². The summed E-state index contributed by atoms with van der Waals surface area (Å²) in [5.41, 5.74) is 5.87. The summed E-state index contributed by atoms with van der Waals surface area (Å²) in [7, 11) is 1.68. The Balaban J connectivity index is 2.48. The maximum atomic E-state index is 12.2. The second kappa shape index (κ2) is 9.32. The van der Waals surface area contributed by atoms with E-state index in [-0.39, 0.29) is 11.9 Å². The normalized spacial score (nSPS) is 24.1. The Bertz CT molecular complexity index is 286. The molecule has 1 saturated carbocycles. The highest BCUT2D eigenvalue weighted by atomic mass is 16.5. The third-order valence-corrected chi connectivity index (χ3v) is 4.41. The molecule has 0 radical (unpaired) electrons. The van der Waals surface area contributed by atoms with Crippen molar-refractivity contribution in [3.63, 3.8) is 0 Å². The molecule has 0 saturated heterocycles. The van der Waals surface area contributed by atoms with Crippen molar-refractivity contribution in [2.75, 3.05) is 33.4 Å². The Labute approximate surface area is 123 Å². The molecule has 1 aliphatic carbocycles. The minimum absolute atomic E-state index is 0.0836. The van der Waals surface area contributed by atoms with Gasteiger partial charge >= 0.3 is 0 Å². The molecule has 3 atom stereocenters. The molecule has 1 rings (SSSR count). The second-order valence-corrected chi connectivity index (χ2v) is 5.64. The number of hydrogen-bond donors (Lipinski definition) is 2. The molecule has 3 N–H and O–H groups in total. The molecule has 1 aliphatic rings. The molecule has 5 nitrogen and oxygen atoms in total. The zero-order valence-electron chi connectivity index (χ0n) is 13.2. The van der Waals surface area contributed by atoms with Crippen LogP contribution in [0.4, 0.5) is 0 Å². The first-order chi connectivity index (χ1) is 9.65. The molecule has 0 spiro atoms. The number of amides is 1. The summed E-state index contributed by atoms with van der Waals surface area (Å²) in [5, 5.41) is 3.00. The van der Waals surface area contributed by atoms with E-state index < -0.39 is 0 Å². The smallest absolute Gasteiger partial charge is 0.237 e. The van der Waals surface area contributed by atoms with Crippen LogP contribution in [0.25, 0.3) is 0 Å². The maximum absolute atomic E-state index is 12.2. The molecular weight excluding hydrogens is 254 g/mol. The van der Waals surface area contributed by atoms with Crippen molar-refractivity contribution in [3.05, 3.63) is 0 Å². The summed E-state index contributed by atoms with van der Waals surface area (Å²) < 4.78 is 4.99. The highest BCUT2D eigenvalue weighted by molar-refractivity contribution is 5.81. The van der Waals surface area contributed by atoms with Gasteiger partial charge in [-0.1, -0.05) is 13.3 Å². The minimum Gasteiger partial charge on any atom is -0.385 e. The average molecular weight is 285 g/mol. The highest BCUT2D eigenvalue weighted by Crippen LogP contribution is 2.30. The first kappa shape index (κ1) is 17.4. The van der Waals surface area contributed by atoms with E-state index in [1.165, 1.54) is 12.8 Å². The van der Waals surface area contributed by atoms with E-state index in [1.807, 2.05) is 6.92 Å². The van der Waals surface area contributed by atoms with E-state index in [1.54, 1.807) is 7.11 Å². The van der Waals surface area contributed by atoms with Gasteiger partial charge in [0.1, 0.15) is 0 Å². The van der Waals surface area contributed by atoms with Gasteiger partial charge in [0.15, 0.2) is 0 Å². The first-order valence-corrected chi connectivity index (χ1v) is 7.88. The van der Waals surface area contributed by atoms with Crippen LogP contribution in [0.1, 0.15) is 39.5 Å². The van der Waals surface area contributed by atoms with Crippen LogP contribution in [-0.4, -0.2) is 56.2 Å². The van der Waals surface area contributed by atoms with Gasteiger partial charge in [0, 0.05) is 26.3 Å². The molecule has 0 aromatic carbocycles. The number of carbonyl (C=O) groups is 1. The van der Waals surface area contributed by atoms with Crippen LogP contribution in [0.2, 0.25) is 0 Å². The van der Waals surface area contributed by atoms with Crippen LogP contribution >= 0.6 is 0 Å². The second-order valence-electron chi connectivity index (χ2n) is 5.64. The summed E-state index contributed by atoms with van der Waals surface area (Å²) in [5.74, 6) is 0.657. The Kier molecular flexibility index (Phi) is 8.11. The van der Waals surface area contributed by atoms with Gasteiger partial charge in [-0.15, -0.1) is 0 Å². The molecule has 1 amide bonds. The number of likely N-dealkylation sites (N-methyl/N-ethyl adjacent to an activating group) is 1. The van der Waals surface area contributed by atoms with Crippen LogP contribution < -0.4 is 11.1 Å². The van der Waals surface area contributed by atoms with Crippen molar-refractivity contribution < 1.29 is 9.53 Å². The first-order valence-electron chi connectivity index (χ1n) is 7.88. The van der Waals surface area contributed by atoms with E-state index in [0.717, 1.165) is 25.9 Å². The van der Waals surface area contributed by atoms with Crippen LogP contribution in [0.15, 0.2) is 0 Å². The average Bonchev–Trinajstić information content (AvgIpc) is 2.92. The topological polar surface area (TPSA) is 67.6 Å². The van der Waals surface area contributed by atoms with Crippen molar-refractivity contribution in [3.8, 4) is 0 Å².